The summed E-state index contributed by atoms with van der Waals surface area (Å²) in [6, 6.07) is 43.5. The van der Waals surface area contributed by atoms with Gasteiger partial charge in [-0.3, -0.25) is 9.59 Å². The maximum Gasteiger partial charge on any atom is 0.256 e. The number of ketones is 1. The fraction of sp³-hybridized carbons (Fsp3) is 0.154. The van der Waals surface area contributed by atoms with Crippen molar-refractivity contribution in [3.63, 3.8) is 0 Å². The summed E-state index contributed by atoms with van der Waals surface area (Å²) in [5.41, 5.74) is 0.643. The lowest BCUT2D eigenvalue weighted by molar-refractivity contribution is -0.132. The van der Waals surface area contributed by atoms with Crippen molar-refractivity contribution in [2.75, 3.05) is 19.0 Å². The van der Waals surface area contributed by atoms with E-state index in [-0.39, 0.29) is 24.0 Å². The average Bonchev–Trinajstić information content (AvgIpc) is 3.73. The quantitative estimate of drug-likeness (QED) is 0.188. The first kappa shape index (κ1) is 31.6. The fourth-order valence-corrected chi connectivity index (χ4v) is 6.50. The summed E-state index contributed by atoms with van der Waals surface area (Å²) in [6.45, 7) is -0.197. The molecule has 1 fully saturated rings. The molecule has 10 heteroatoms. The molecule has 4 aromatic carbocycles. The highest BCUT2D eigenvalue weighted by atomic mass is 16.6. The second kappa shape index (κ2) is 13.3. The van der Waals surface area contributed by atoms with Gasteiger partial charge in [-0.15, -0.1) is 0 Å². The molecule has 1 aliphatic rings. The first-order valence-electron chi connectivity index (χ1n) is 15.7. The molecule has 1 saturated heterocycles. The number of methoxy groups -OCH3 is 1. The minimum absolute atomic E-state index is 0.197. The maximum absolute atomic E-state index is 14.1. The molecule has 49 heavy (non-hydrogen) atoms. The van der Waals surface area contributed by atoms with E-state index in [1.54, 1.807) is 36.4 Å². The number of ether oxygens (including phenoxy) is 3. The maximum atomic E-state index is 14.1. The zero-order valence-electron chi connectivity index (χ0n) is 26.5. The van der Waals surface area contributed by atoms with E-state index in [9.17, 15) is 14.9 Å². The smallest absolute Gasteiger partial charge is 0.256 e. The number of rotatable bonds is 10. The number of hydrogen-bond donors (Lipinski definition) is 1. The molecule has 6 aromatic rings. The van der Waals surface area contributed by atoms with Gasteiger partial charge in [0.05, 0.1) is 12.3 Å². The van der Waals surface area contributed by atoms with Crippen molar-refractivity contribution in [1.82, 2.24) is 14.6 Å². The van der Waals surface area contributed by atoms with Crippen LogP contribution in [0.1, 0.15) is 32.7 Å². The summed E-state index contributed by atoms with van der Waals surface area (Å²) in [5.74, 6) is -0.592. The van der Waals surface area contributed by atoms with Crippen LogP contribution >= 0.6 is 0 Å². The minimum atomic E-state index is -1.89. The lowest BCUT2D eigenvalue weighted by atomic mass is 9.80. The van der Waals surface area contributed by atoms with Crippen molar-refractivity contribution in [2.24, 2.45) is 0 Å². The fourth-order valence-electron chi connectivity index (χ4n) is 6.50. The van der Waals surface area contributed by atoms with Gasteiger partial charge in [0.15, 0.2) is 17.7 Å². The minimum Gasteiger partial charge on any atom is -0.369 e. The van der Waals surface area contributed by atoms with Gasteiger partial charge < -0.3 is 19.5 Å². The molecule has 3 heterocycles. The molecule has 0 bridgehead atoms. The second-order valence-electron chi connectivity index (χ2n) is 11.5. The number of nitrogens with one attached hydrogen (secondary N) is 1. The van der Waals surface area contributed by atoms with E-state index >= 15 is 0 Å². The van der Waals surface area contributed by atoms with Crippen LogP contribution in [-0.2, 0) is 30.2 Å². The molecular formula is C39H31N5O5. The van der Waals surface area contributed by atoms with Crippen molar-refractivity contribution >= 4 is 23.0 Å². The highest BCUT2D eigenvalue weighted by Gasteiger charge is 2.59. The van der Waals surface area contributed by atoms with E-state index in [2.05, 4.69) is 21.5 Å². The lowest BCUT2D eigenvalue weighted by Gasteiger charge is -2.36. The first-order chi connectivity index (χ1) is 24.0. The van der Waals surface area contributed by atoms with Gasteiger partial charge in [-0.1, -0.05) is 109 Å². The Balaban J connectivity index is 1.25. The standard InChI is InChI=1S/C39H31N5O5/c1-47-35-34(45)32(24-48-39(28-16-8-3-9-17-28,29-18-10-4-11-19-29)30-20-12-5-13-21-30)49-38(35,25-40)33-23-22-31-36(41-26-42-44(31)33)43-37(46)27-14-6-2-7-15-27/h2-23,26,32,35H,24H2,1H3,(H,41,42,43,46). The van der Waals surface area contributed by atoms with E-state index in [0.717, 1.165) is 16.7 Å². The summed E-state index contributed by atoms with van der Waals surface area (Å²) in [4.78, 5) is 31.3. The summed E-state index contributed by atoms with van der Waals surface area (Å²) < 4.78 is 20.4. The van der Waals surface area contributed by atoms with Gasteiger partial charge in [0.25, 0.3) is 5.91 Å². The molecule has 2 aromatic heterocycles. The Morgan fingerprint density at radius 1 is 0.878 bits per heavy atom. The average molecular weight is 650 g/mol. The lowest BCUT2D eigenvalue weighted by Crippen LogP contribution is -2.40. The van der Waals surface area contributed by atoms with Crippen molar-refractivity contribution in [3.05, 3.63) is 168 Å². The summed E-state index contributed by atoms with van der Waals surface area (Å²) in [7, 11) is 1.36. The van der Waals surface area contributed by atoms with Gasteiger partial charge in [0.2, 0.25) is 5.60 Å². The van der Waals surface area contributed by atoms with Crippen LogP contribution in [0.3, 0.4) is 0 Å². The zero-order chi connectivity index (χ0) is 33.8. The third kappa shape index (κ3) is 5.46. The number of aromatic nitrogens is 3. The van der Waals surface area contributed by atoms with Crippen molar-refractivity contribution < 1.29 is 23.8 Å². The van der Waals surface area contributed by atoms with E-state index in [1.807, 2.05) is 97.1 Å². The summed E-state index contributed by atoms with van der Waals surface area (Å²) >= 11 is 0. The topological polar surface area (TPSA) is 128 Å². The van der Waals surface area contributed by atoms with Crippen LogP contribution in [0.2, 0.25) is 0 Å². The normalized spacial score (nSPS) is 19.1. The largest absolute Gasteiger partial charge is 0.369 e. The van der Waals surface area contributed by atoms with Gasteiger partial charge in [-0.25, -0.2) is 9.50 Å². The number of Topliss-reactive ketones (excluding diaryl/α,β-unsaturated/α-hetero) is 1. The zero-order valence-corrected chi connectivity index (χ0v) is 26.5. The molecule has 3 atom stereocenters. The summed E-state index contributed by atoms with van der Waals surface area (Å²) in [5, 5.41) is 17.9. The number of carbonyl (C=O) groups is 2. The van der Waals surface area contributed by atoms with Crippen LogP contribution in [-0.4, -0.2) is 52.2 Å². The summed E-state index contributed by atoms with van der Waals surface area (Å²) in [6.07, 6.45) is -1.22. The Morgan fingerprint density at radius 3 is 1.96 bits per heavy atom. The number of anilines is 1. The highest BCUT2D eigenvalue weighted by Crippen LogP contribution is 2.44. The number of carbonyl (C=O) groups excluding carboxylic acids is 2. The van der Waals surface area contributed by atoms with Crippen LogP contribution in [0.5, 0.6) is 0 Å². The van der Waals surface area contributed by atoms with Crippen LogP contribution in [0, 0.1) is 11.3 Å². The Morgan fingerprint density at radius 2 is 1.43 bits per heavy atom. The number of nitriles is 1. The Kier molecular flexibility index (Phi) is 8.55. The SMILES string of the molecule is COC1C(=O)C(COC(c2ccccc2)(c2ccccc2)c2ccccc2)OC1(C#N)c1ccc2c(NC(=O)c3ccccc3)ncnn12. The molecule has 1 N–H and O–H groups in total. The molecule has 1 amide bonds. The molecule has 7 rings (SSSR count). The van der Waals surface area contributed by atoms with Crippen LogP contribution in [0.4, 0.5) is 5.82 Å². The molecule has 242 valence electrons. The molecule has 3 unspecified atom stereocenters. The Labute approximate surface area is 282 Å². The first-order valence-corrected chi connectivity index (χ1v) is 15.7. The molecule has 0 radical (unpaired) electrons. The van der Waals surface area contributed by atoms with Gasteiger partial charge >= 0.3 is 0 Å². The number of amides is 1. The third-order valence-corrected chi connectivity index (χ3v) is 8.77. The van der Waals surface area contributed by atoms with Crippen LogP contribution in [0.15, 0.2) is 140 Å². The molecule has 10 nitrogen and oxygen atoms in total. The van der Waals surface area contributed by atoms with Gasteiger partial charge in [0, 0.05) is 12.7 Å². The van der Waals surface area contributed by atoms with Crippen molar-refractivity contribution in [2.45, 2.75) is 23.4 Å². The molecule has 0 aliphatic carbocycles. The predicted molar refractivity (Wildman–Crippen MR) is 181 cm³/mol. The molecule has 1 aliphatic heterocycles. The predicted octanol–water partition coefficient (Wildman–Crippen LogP) is 5.69. The molecule has 0 spiro atoms. The van der Waals surface area contributed by atoms with E-state index < -0.39 is 29.2 Å². The second-order valence-corrected chi connectivity index (χ2v) is 11.5. The van der Waals surface area contributed by atoms with E-state index in [4.69, 9.17) is 14.2 Å². The Bertz CT molecular complexity index is 2040. The van der Waals surface area contributed by atoms with Crippen LogP contribution in [0.25, 0.3) is 5.52 Å². The third-order valence-electron chi connectivity index (χ3n) is 8.77. The van der Waals surface area contributed by atoms with Crippen molar-refractivity contribution in [1.29, 1.82) is 5.26 Å². The van der Waals surface area contributed by atoms with E-state index in [1.165, 1.54) is 18.0 Å². The molecular weight excluding hydrogens is 618 g/mol. The molecule has 0 saturated carbocycles. The van der Waals surface area contributed by atoms with Crippen LogP contribution < -0.4 is 5.32 Å². The highest BCUT2D eigenvalue weighted by molar-refractivity contribution is 6.05. The monoisotopic (exact) mass is 649 g/mol. The Hall–Kier alpha value is -5.99. The van der Waals surface area contributed by atoms with Crippen molar-refractivity contribution in [3.8, 4) is 6.07 Å². The number of hydrogen-bond acceptors (Lipinski definition) is 8. The van der Waals surface area contributed by atoms with Gasteiger partial charge in [-0.05, 0) is 41.0 Å². The van der Waals surface area contributed by atoms with Gasteiger partial charge in [0.1, 0.15) is 29.6 Å². The van der Waals surface area contributed by atoms with Gasteiger partial charge in [-0.2, -0.15) is 10.4 Å². The van der Waals surface area contributed by atoms with E-state index in [0.29, 0.717) is 11.1 Å². The number of fused-ring (bicyclic) bond motifs is 1. The number of benzene rings is 4. The number of nitrogens with zero attached hydrogens (tertiary/aromatic N) is 4.